The molecule has 0 aliphatic carbocycles. The summed E-state index contributed by atoms with van der Waals surface area (Å²) in [6, 6.07) is 19.7. The predicted octanol–water partition coefficient (Wildman–Crippen LogP) is 5.54. The number of methoxy groups -OCH3 is 1. The highest BCUT2D eigenvalue weighted by Gasteiger charge is 2.24. The molecule has 164 valence electrons. The standard InChI is InChI=1S/C26H22N4O2S/c1-16-13-19(17(2)30(16)21-8-11-23-18(14-21)5-4-12-27-23)15-24-25(31)29-26(33-24)28-20-6-9-22(32-3)10-7-20/h4-15H,1-3H3,(H,28,29,31)/b24-15-. The molecule has 5 rings (SSSR count). The summed E-state index contributed by atoms with van der Waals surface area (Å²) in [7, 11) is 1.62. The van der Waals surface area contributed by atoms with Gasteiger partial charge in [-0.3, -0.25) is 9.78 Å². The Hall–Kier alpha value is -3.84. The lowest BCUT2D eigenvalue weighted by molar-refractivity contribution is -0.115. The maximum Gasteiger partial charge on any atom is 0.264 e. The molecule has 3 heterocycles. The summed E-state index contributed by atoms with van der Waals surface area (Å²) in [5, 5.41) is 4.51. The van der Waals surface area contributed by atoms with E-state index in [1.165, 1.54) is 11.8 Å². The van der Waals surface area contributed by atoms with Crippen LogP contribution in [0.25, 0.3) is 22.7 Å². The lowest BCUT2D eigenvalue weighted by Crippen LogP contribution is -2.19. The molecule has 1 N–H and O–H groups in total. The van der Waals surface area contributed by atoms with Gasteiger partial charge in [-0.25, -0.2) is 4.99 Å². The molecule has 0 bridgehead atoms. The quantitative estimate of drug-likeness (QED) is 0.411. The topological polar surface area (TPSA) is 68.5 Å². The minimum Gasteiger partial charge on any atom is -0.497 e. The van der Waals surface area contributed by atoms with Crippen LogP contribution in [0.4, 0.5) is 5.69 Å². The van der Waals surface area contributed by atoms with Crippen molar-refractivity contribution in [3.05, 3.63) is 88.7 Å². The number of amidine groups is 1. The predicted molar refractivity (Wildman–Crippen MR) is 134 cm³/mol. The number of benzene rings is 2. The molecular weight excluding hydrogens is 432 g/mol. The lowest BCUT2D eigenvalue weighted by Gasteiger charge is -2.10. The van der Waals surface area contributed by atoms with Crippen molar-refractivity contribution in [2.24, 2.45) is 4.99 Å². The van der Waals surface area contributed by atoms with Crippen LogP contribution < -0.4 is 10.1 Å². The highest BCUT2D eigenvalue weighted by molar-refractivity contribution is 8.18. The Bertz CT molecular complexity index is 1430. The van der Waals surface area contributed by atoms with Crippen molar-refractivity contribution < 1.29 is 9.53 Å². The van der Waals surface area contributed by atoms with Crippen LogP contribution in [0.3, 0.4) is 0 Å². The second-order valence-electron chi connectivity index (χ2n) is 7.72. The summed E-state index contributed by atoms with van der Waals surface area (Å²) in [4.78, 5) is 22.1. The Morgan fingerprint density at radius 1 is 1.09 bits per heavy atom. The zero-order valence-electron chi connectivity index (χ0n) is 18.5. The van der Waals surface area contributed by atoms with Crippen molar-refractivity contribution in [1.82, 2.24) is 14.9 Å². The molecule has 2 aromatic carbocycles. The number of aliphatic imine (C=N–C) groups is 1. The van der Waals surface area contributed by atoms with Crippen LogP contribution in [0.1, 0.15) is 17.0 Å². The Labute approximate surface area is 196 Å². The van der Waals surface area contributed by atoms with E-state index in [4.69, 9.17) is 4.74 Å². The molecular formula is C26H22N4O2S. The average Bonchev–Trinajstić information content (AvgIpc) is 3.31. The second-order valence-corrected chi connectivity index (χ2v) is 8.75. The van der Waals surface area contributed by atoms with Gasteiger partial charge in [0.15, 0.2) is 5.17 Å². The first-order valence-corrected chi connectivity index (χ1v) is 11.3. The summed E-state index contributed by atoms with van der Waals surface area (Å²) < 4.78 is 7.37. The molecule has 0 atom stereocenters. The number of carbonyl (C=O) groups is 1. The third-order valence-electron chi connectivity index (χ3n) is 5.56. The van der Waals surface area contributed by atoms with Gasteiger partial charge in [0.25, 0.3) is 5.91 Å². The molecule has 1 aliphatic rings. The molecule has 0 radical (unpaired) electrons. The van der Waals surface area contributed by atoms with Crippen molar-refractivity contribution in [2.45, 2.75) is 13.8 Å². The van der Waals surface area contributed by atoms with Crippen LogP contribution in [0.2, 0.25) is 0 Å². The number of rotatable bonds is 4. The normalized spacial score (nSPS) is 16.0. The molecule has 2 aromatic heterocycles. The smallest absolute Gasteiger partial charge is 0.264 e. The molecule has 6 nitrogen and oxygen atoms in total. The third-order valence-corrected chi connectivity index (χ3v) is 6.47. The van der Waals surface area contributed by atoms with Crippen LogP contribution in [0, 0.1) is 13.8 Å². The van der Waals surface area contributed by atoms with E-state index >= 15 is 0 Å². The summed E-state index contributed by atoms with van der Waals surface area (Å²) >= 11 is 1.34. The number of aryl methyl sites for hydroxylation is 1. The van der Waals surface area contributed by atoms with Gasteiger partial charge in [0.05, 0.1) is 23.2 Å². The van der Waals surface area contributed by atoms with E-state index in [2.05, 4.69) is 58.0 Å². The summed E-state index contributed by atoms with van der Waals surface area (Å²) in [6.45, 7) is 4.14. The van der Waals surface area contributed by atoms with Crippen LogP contribution in [-0.2, 0) is 4.79 Å². The fourth-order valence-corrected chi connectivity index (χ4v) is 4.76. The minimum atomic E-state index is -0.145. The van der Waals surface area contributed by atoms with Gasteiger partial charge >= 0.3 is 0 Å². The van der Waals surface area contributed by atoms with E-state index in [9.17, 15) is 4.79 Å². The van der Waals surface area contributed by atoms with Crippen LogP contribution in [0.15, 0.2) is 76.8 Å². The highest BCUT2D eigenvalue weighted by Crippen LogP contribution is 2.31. The molecule has 1 fully saturated rings. The van der Waals surface area contributed by atoms with Crippen molar-refractivity contribution in [1.29, 1.82) is 0 Å². The van der Waals surface area contributed by atoms with E-state index in [0.29, 0.717) is 10.1 Å². The molecule has 1 amide bonds. The molecule has 4 aromatic rings. The van der Waals surface area contributed by atoms with Crippen LogP contribution in [-0.4, -0.2) is 27.7 Å². The SMILES string of the molecule is COc1ccc(N=C2NC(=O)/C(=C/c3cc(C)n(-c4ccc5ncccc5c4)c3C)S2)cc1. The van der Waals surface area contributed by atoms with Gasteiger partial charge in [-0.05, 0) is 91.8 Å². The zero-order valence-corrected chi connectivity index (χ0v) is 19.3. The summed E-state index contributed by atoms with van der Waals surface area (Å²) in [5.74, 6) is 0.620. The third kappa shape index (κ3) is 4.15. The van der Waals surface area contributed by atoms with Crippen LogP contribution >= 0.6 is 11.8 Å². The first-order valence-electron chi connectivity index (χ1n) is 10.5. The van der Waals surface area contributed by atoms with E-state index in [1.54, 1.807) is 13.3 Å². The van der Waals surface area contributed by atoms with Gasteiger partial charge in [0.2, 0.25) is 0 Å². The highest BCUT2D eigenvalue weighted by atomic mass is 32.2. The monoisotopic (exact) mass is 454 g/mol. The Balaban J connectivity index is 1.44. The fourth-order valence-electron chi connectivity index (χ4n) is 3.93. The van der Waals surface area contributed by atoms with E-state index in [0.717, 1.165) is 45.0 Å². The van der Waals surface area contributed by atoms with Crippen LogP contribution in [0.5, 0.6) is 5.75 Å². The van der Waals surface area contributed by atoms with Gasteiger partial charge < -0.3 is 14.6 Å². The van der Waals surface area contributed by atoms with Crippen molar-refractivity contribution in [3.63, 3.8) is 0 Å². The maximum atomic E-state index is 12.6. The fraction of sp³-hybridized carbons (Fsp3) is 0.115. The Morgan fingerprint density at radius 2 is 1.91 bits per heavy atom. The number of hydrogen-bond donors (Lipinski definition) is 1. The summed E-state index contributed by atoms with van der Waals surface area (Å²) in [5.41, 5.74) is 5.95. The zero-order chi connectivity index (χ0) is 22.9. The molecule has 1 aliphatic heterocycles. The van der Waals surface area contributed by atoms with Gasteiger partial charge in [-0.2, -0.15) is 0 Å². The number of carbonyl (C=O) groups excluding carboxylic acids is 1. The number of pyridine rings is 1. The lowest BCUT2D eigenvalue weighted by atomic mass is 10.2. The number of fused-ring (bicyclic) bond motifs is 1. The molecule has 1 saturated heterocycles. The number of amides is 1. The Kier molecular flexibility index (Phi) is 5.48. The van der Waals surface area contributed by atoms with E-state index in [-0.39, 0.29) is 5.91 Å². The number of thioether (sulfide) groups is 1. The first-order chi connectivity index (χ1) is 16.0. The summed E-state index contributed by atoms with van der Waals surface area (Å²) in [6.07, 6.45) is 3.73. The molecule has 7 heteroatoms. The van der Waals surface area contributed by atoms with Gasteiger partial charge in [0.1, 0.15) is 5.75 Å². The van der Waals surface area contributed by atoms with Crippen molar-refractivity contribution >= 4 is 45.5 Å². The molecule has 0 spiro atoms. The Morgan fingerprint density at radius 3 is 2.70 bits per heavy atom. The number of nitrogens with one attached hydrogen (secondary N) is 1. The van der Waals surface area contributed by atoms with Crippen molar-refractivity contribution in [3.8, 4) is 11.4 Å². The first kappa shape index (κ1) is 21.0. The number of ether oxygens (including phenoxy) is 1. The van der Waals surface area contributed by atoms with Crippen molar-refractivity contribution in [2.75, 3.05) is 7.11 Å². The largest absolute Gasteiger partial charge is 0.497 e. The number of hydrogen-bond acceptors (Lipinski definition) is 5. The van der Waals surface area contributed by atoms with E-state index < -0.39 is 0 Å². The van der Waals surface area contributed by atoms with Gasteiger partial charge in [-0.15, -0.1) is 0 Å². The molecule has 33 heavy (non-hydrogen) atoms. The number of nitrogens with zero attached hydrogens (tertiary/aromatic N) is 3. The molecule has 0 unspecified atom stereocenters. The van der Waals surface area contributed by atoms with Gasteiger partial charge in [0, 0.05) is 28.7 Å². The second kappa shape index (κ2) is 8.60. The minimum absolute atomic E-state index is 0.145. The van der Waals surface area contributed by atoms with E-state index in [1.807, 2.05) is 42.5 Å². The van der Waals surface area contributed by atoms with Gasteiger partial charge in [-0.1, -0.05) is 6.07 Å². The molecule has 0 saturated carbocycles. The number of aromatic nitrogens is 2. The maximum absolute atomic E-state index is 12.6. The average molecular weight is 455 g/mol.